The average molecular weight is 355 g/mol. The molecule has 0 aliphatic carbocycles. The van der Waals surface area contributed by atoms with Crippen molar-refractivity contribution in [3.05, 3.63) is 34.3 Å². The number of carboxylic acid groups (broad SMARTS) is 1. The second kappa shape index (κ2) is 7.83. The molecule has 0 fully saturated rings. The molecule has 0 saturated carbocycles. The molecule has 1 aromatic carbocycles. The van der Waals surface area contributed by atoms with Gasteiger partial charge in [0, 0.05) is 22.8 Å². The fraction of sp³-hybridized carbons (Fsp3) is 0.333. The van der Waals surface area contributed by atoms with Gasteiger partial charge in [0.15, 0.2) is 0 Å². The first-order valence-corrected chi connectivity index (χ1v) is 7.32. The van der Waals surface area contributed by atoms with Crippen LogP contribution in [0.25, 0.3) is 6.08 Å². The van der Waals surface area contributed by atoms with Crippen molar-refractivity contribution in [2.45, 2.75) is 13.8 Å². The first-order chi connectivity index (χ1) is 9.79. The molecule has 0 atom stereocenters. The number of hydrogen-bond donors (Lipinski definition) is 2. The highest BCUT2D eigenvalue weighted by atomic mass is 79.9. The molecule has 3 N–H and O–H groups in total. The Bertz CT molecular complexity index is 556. The second-order valence-corrected chi connectivity index (χ2v) is 6.03. The fourth-order valence-corrected chi connectivity index (χ4v) is 2.36. The van der Waals surface area contributed by atoms with Crippen LogP contribution < -0.4 is 10.6 Å². The van der Waals surface area contributed by atoms with Crippen LogP contribution in [0.3, 0.4) is 0 Å². The van der Waals surface area contributed by atoms with Crippen LogP contribution in [0.1, 0.15) is 19.4 Å². The minimum Gasteiger partial charge on any atom is -0.478 e. The van der Waals surface area contributed by atoms with Crippen LogP contribution in [-0.2, 0) is 9.59 Å². The van der Waals surface area contributed by atoms with Crippen LogP contribution in [0.4, 0.5) is 5.69 Å². The smallest absolute Gasteiger partial charge is 0.328 e. The van der Waals surface area contributed by atoms with E-state index in [1.165, 1.54) is 6.08 Å². The lowest BCUT2D eigenvalue weighted by Crippen LogP contribution is -2.36. The zero-order chi connectivity index (χ0) is 16.0. The first-order valence-electron chi connectivity index (χ1n) is 6.53. The maximum absolute atomic E-state index is 11.3. The Balaban J connectivity index is 3.22. The van der Waals surface area contributed by atoms with Crippen molar-refractivity contribution < 1.29 is 14.7 Å². The molecule has 0 heterocycles. The Hall–Kier alpha value is -1.82. The van der Waals surface area contributed by atoms with Gasteiger partial charge in [0.2, 0.25) is 5.91 Å². The molecule has 1 aromatic rings. The highest BCUT2D eigenvalue weighted by molar-refractivity contribution is 9.10. The lowest BCUT2D eigenvalue weighted by atomic mass is 10.1. The molecule has 1 rings (SSSR count). The molecule has 1 amide bonds. The number of anilines is 1. The SMILES string of the molecule is CC(C)CN(CC(N)=O)c1ccc(Br)cc1/C=C/C(=O)O. The summed E-state index contributed by atoms with van der Waals surface area (Å²) in [5.41, 5.74) is 6.80. The summed E-state index contributed by atoms with van der Waals surface area (Å²) >= 11 is 3.36. The maximum atomic E-state index is 11.3. The van der Waals surface area contributed by atoms with Crippen LogP contribution in [-0.4, -0.2) is 30.1 Å². The van der Waals surface area contributed by atoms with Gasteiger partial charge in [-0.1, -0.05) is 29.8 Å². The molecule has 0 spiro atoms. The quantitative estimate of drug-likeness (QED) is 0.736. The predicted octanol–water partition coefficient (Wildman–Crippen LogP) is 2.49. The highest BCUT2D eigenvalue weighted by Crippen LogP contribution is 2.26. The van der Waals surface area contributed by atoms with E-state index in [9.17, 15) is 9.59 Å². The van der Waals surface area contributed by atoms with E-state index in [0.29, 0.717) is 18.0 Å². The van der Waals surface area contributed by atoms with E-state index in [4.69, 9.17) is 10.8 Å². The summed E-state index contributed by atoms with van der Waals surface area (Å²) in [6, 6.07) is 5.50. The molecule has 0 aliphatic rings. The normalized spacial score (nSPS) is 11.0. The van der Waals surface area contributed by atoms with E-state index in [2.05, 4.69) is 15.9 Å². The number of hydrogen-bond acceptors (Lipinski definition) is 3. The standard InChI is InChI=1S/C15H19BrN2O3/c1-10(2)8-18(9-14(17)19)13-5-4-12(16)7-11(13)3-6-15(20)21/h3-7,10H,8-9H2,1-2H3,(H2,17,19)(H,20,21)/b6-3+. The van der Waals surface area contributed by atoms with Crippen molar-refractivity contribution in [3.8, 4) is 0 Å². The van der Waals surface area contributed by atoms with Crippen molar-refractivity contribution in [1.82, 2.24) is 0 Å². The maximum Gasteiger partial charge on any atom is 0.328 e. The van der Waals surface area contributed by atoms with Gasteiger partial charge in [0.25, 0.3) is 0 Å². The van der Waals surface area contributed by atoms with Crippen LogP contribution in [0.15, 0.2) is 28.7 Å². The number of halogens is 1. The molecule has 5 nitrogen and oxygen atoms in total. The van der Waals surface area contributed by atoms with Gasteiger partial charge in [-0.3, -0.25) is 4.79 Å². The number of nitrogens with zero attached hydrogens (tertiary/aromatic N) is 1. The molecule has 0 radical (unpaired) electrons. The number of amides is 1. The van der Waals surface area contributed by atoms with E-state index < -0.39 is 11.9 Å². The third-order valence-corrected chi connectivity index (χ3v) is 3.16. The minimum absolute atomic E-state index is 0.0910. The molecule has 0 aromatic heterocycles. The lowest BCUT2D eigenvalue weighted by Gasteiger charge is -2.27. The number of rotatable bonds is 7. The molecule has 21 heavy (non-hydrogen) atoms. The van der Waals surface area contributed by atoms with Crippen molar-refractivity contribution in [2.75, 3.05) is 18.0 Å². The molecule has 0 aliphatic heterocycles. The van der Waals surface area contributed by atoms with Gasteiger partial charge in [-0.15, -0.1) is 0 Å². The number of benzene rings is 1. The number of nitrogens with two attached hydrogens (primary N) is 1. The van der Waals surface area contributed by atoms with Gasteiger partial charge in [-0.2, -0.15) is 0 Å². The largest absolute Gasteiger partial charge is 0.478 e. The van der Waals surface area contributed by atoms with Crippen LogP contribution >= 0.6 is 15.9 Å². The Labute approximate surface area is 132 Å². The molecular formula is C15H19BrN2O3. The third kappa shape index (κ3) is 5.99. The number of aliphatic carboxylic acids is 1. The van der Waals surface area contributed by atoms with Crippen LogP contribution in [0.2, 0.25) is 0 Å². The number of carbonyl (C=O) groups excluding carboxylic acids is 1. The summed E-state index contributed by atoms with van der Waals surface area (Å²) in [5.74, 6) is -1.11. The van der Waals surface area contributed by atoms with E-state index in [1.807, 2.05) is 36.9 Å². The topological polar surface area (TPSA) is 83.6 Å². The van der Waals surface area contributed by atoms with Crippen molar-refractivity contribution in [2.24, 2.45) is 11.7 Å². The second-order valence-electron chi connectivity index (χ2n) is 5.12. The predicted molar refractivity (Wildman–Crippen MR) is 87.1 cm³/mol. The summed E-state index contributed by atoms with van der Waals surface area (Å²) in [4.78, 5) is 23.8. The van der Waals surface area contributed by atoms with Crippen molar-refractivity contribution in [1.29, 1.82) is 0 Å². The zero-order valence-corrected chi connectivity index (χ0v) is 13.6. The summed E-state index contributed by atoms with van der Waals surface area (Å²) in [6.45, 7) is 4.82. The van der Waals surface area contributed by atoms with Crippen molar-refractivity contribution >= 4 is 39.6 Å². The average Bonchev–Trinajstić information content (AvgIpc) is 2.34. The van der Waals surface area contributed by atoms with Gasteiger partial charge in [0.05, 0.1) is 6.54 Å². The molecule has 0 unspecified atom stereocenters. The van der Waals surface area contributed by atoms with E-state index in [0.717, 1.165) is 16.2 Å². The molecule has 6 heteroatoms. The number of carbonyl (C=O) groups is 2. The van der Waals surface area contributed by atoms with Gasteiger partial charge >= 0.3 is 5.97 Å². The molecular weight excluding hydrogens is 336 g/mol. The Morgan fingerprint density at radius 3 is 2.62 bits per heavy atom. The molecule has 0 bridgehead atoms. The van der Waals surface area contributed by atoms with Gasteiger partial charge in [0.1, 0.15) is 0 Å². The molecule has 0 saturated heterocycles. The summed E-state index contributed by atoms with van der Waals surface area (Å²) < 4.78 is 0.833. The van der Waals surface area contributed by atoms with E-state index >= 15 is 0 Å². The summed E-state index contributed by atoms with van der Waals surface area (Å²) in [7, 11) is 0. The Morgan fingerprint density at radius 1 is 1.43 bits per heavy atom. The molecule has 114 valence electrons. The summed E-state index contributed by atoms with van der Waals surface area (Å²) in [5, 5.41) is 8.78. The third-order valence-electron chi connectivity index (χ3n) is 2.67. The van der Waals surface area contributed by atoms with Gasteiger partial charge in [-0.05, 0) is 35.8 Å². The first kappa shape index (κ1) is 17.2. The van der Waals surface area contributed by atoms with Crippen molar-refractivity contribution in [3.63, 3.8) is 0 Å². The Morgan fingerprint density at radius 2 is 2.10 bits per heavy atom. The van der Waals surface area contributed by atoms with E-state index in [-0.39, 0.29) is 6.54 Å². The monoisotopic (exact) mass is 354 g/mol. The van der Waals surface area contributed by atoms with Gasteiger partial charge in [-0.25, -0.2) is 4.79 Å². The zero-order valence-electron chi connectivity index (χ0n) is 12.0. The summed E-state index contributed by atoms with van der Waals surface area (Å²) in [6.07, 6.45) is 2.58. The van der Waals surface area contributed by atoms with Crippen LogP contribution in [0, 0.1) is 5.92 Å². The minimum atomic E-state index is -1.02. The van der Waals surface area contributed by atoms with Gasteiger partial charge < -0.3 is 15.7 Å². The fourth-order valence-electron chi connectivity index (χ4n) is 1.98. The van der Waals surface area contributed by atoms with E-state index in [1.54, 1.807) is 0 Å². The highest BCUT2D eigenvalue weighted by Gasteiger charge is 2.14. The lowest BCUT2D eigenvalue weighted by molar-refractivity contribution is -0.131. The Kier molecular flexibility index (Phi) is 6.42. The van der Waals surface area contributed by atoms with Crippen LogP contribution in [0.5, 0.6) is 0 Å². The number of primary amides is 1. The number of carboxylic acids is 1.